The summed E-state index contributed by atoms with van der Waals surface area (Å²) in [5, 5.41) is 9.68. The Morgan fingerprint density at radius 3 is 2.53 bits per heavy atom. The average molecular weight is 448 g/mol. The van der Waals surface area contributed by atoms with Crippen LogP contribution in [0, 0.1) is 11.8 Å². The van der Waals surface area contributed by atoms with Crippen molar-refractivity contribution in [2.45, 2.75) is 56.8 Å². The van der Waals surface area contributed by atoms with Crippen LogP contribution in [0.3, 0.4) is 0 Å². The number of aliphatic hydroxyl groups excluding tert-OH is 1. The number of rotatable bonds is 11. The third-order valence-corrected chi connectivity index (χ3v) is 7.34. The van der Waals surface area contributed by atoms with E-state index in [9.17, 15) is 19.5 Å². The Hall–Kier alpha value is -2.19. The molecule has 3 aliphatic rings. The van der Waals surface area contributed by atoms with Gasteiger partial charge in [0, 0.05) is 33.2 Å². The van der Waals surface area contributed by atoms with Gasteiger partial charge >= 0.3 is 0 Å². The summed E-state index contributed by atoms with van der Waals surface area (Å²) >= 11 is 0. The second-order valence-electron chi connectivity index (χ2n) is 9.42. The molecule has 2 unspecified atom stereocenters. The van der Waals surface area contributed by atoms with Crippen LogP contribution in [0.15, 0.2) is 25.3 Å². The number of likely N-dealkylation sites (N-methyl/N-ethyl adjacent to an activating group) is 1. The lowest BCUT2D eigenvalue weighted by atomic mass is 9.66. The molecule has 3 saturated heterocycles. The van der Waals surface area contributed by atoms with E-state index in [4.69, 9.17) is 4.74 Å². The van der Waals surface area contributed by atoms with Gasteiger partial charge in [-0.3, -0.25) is 14.4 Å². The molecule has 2 bridgehead atoms. The Labute approximate surface area is 190 Å². The second kappa shape index (κ2) is 9.35. The van der Waals surface area contributed by atoms with Gasteiger partial charge in [-0.25, -0.2) is 0 Å². The van der Waals surface area contributed by atoms with E-state index in [1.165, 1.54) is 4.90 Å². The van der Waals surface area contributed by atoms with Gasteiger partial charge < -0.3 is 24.5 Å². The molecule has 0 aromatic carbocycles. The van der Waals surface area contributed by atoms with Crippen LogP contribution in [0.1, 0.15) is 39.5 Å². The molecule has 3 aliphatic heterocycles. The van der Waals surface area contributed by atoms with Crippen LogP contribution in [-0.2, 0) is 19.1 Å². The molecule has 8 heteroatoms. The van der Waals surface area contributed by atoms with E-state index in [-0.39, 0.29) is 30.9 Å². The highest BCUT2D eigenvalue weighted by molar-refractivity contribution is 5.99. The third-order valence-electron chi connectivity index (χ3n) is 7.34. The highest BCUT2D eigenvalue weighted by Gasteiger charge is 2.78. The van der Waals surface area contributed by atoms with Gasteiger partial charge in [0.15, 0.2) is 0 Å². The number of nitrogens with zero attached hydrogens (tertiary/aromatic N) is 3. The van der Waals surface area contributed by atoms with E-state index < -0.39 is 29.1 Å². The topological polar surface area (TPSA) is 90.4 Å². The minimum absolute atomic E-state index is 0.0344. The van der Waals surface area contributed by atoms with Crippen molar-refractivity contribution < 1.29 is 24.2 Å². The Kier molecular flexibility index (Phi) is 7.15. The lowest BCUT2D eigenvalue weighted by Gasteiger charge is -2.36. The fourth-order valence-corrected chi connectivity index (χ4v) is 5.92. The summed E-state index contributed by atoms with van der Waals surface area (Å²) < 4.78 is 6.56. The maximum atomic E-state index is 13.8. The van der Waals surface area contributed by atoms with Crippen LogP contribution in [0.25, 0.3) is 0 Å². The van der Waals surface area contributed by atoms with Gasteiger partial charge in [0.1, 0.15) is 11.6 Å². The van der Waals surface area contributed by atoms with Crippen molar-refractivity contribution in [1.82, 2.24) is 14.7 Å². The number of unbranched alkanes of at least 4 members (excludes halogenated alkanes) is 1. The number of hydrogen-bond acceptors (Lipinski definition) is 5. The van der Waals surface area contributed by atoms with Gasteiger partial charge in [-0.2, -0.15) is 0 Å². The molecule has 178 valence electrons. The first-order chi connectivity index (χ1) is 15.2. The summed E-state index contributed by atoms with van der Waals surface area (Å²) in [6.07, 6.45) is 6.22. The van der Waals surface area contributed by atoms with Gasteiger partial charge in [-0.05, 0) is 26.2 Å². The summed E-state index contributed by atoms with van der Waals surface area (Å²) in [4.78, 5) is 45.6. The molecule has 0 saturated carbocycles. The fourth-order valence-electron chi connectivity index (χ4n) is 5.92. The maximum Gasteiger partial charge on any atom is 0.248 e. The standard InChI is InChI=1S/C24H37N3O5/c1-6-9-14-26(13-8-3)22(31)19-24-11-10-23(4,32-24)17(20(29)25(5)12-7-2)18(24)21(30)27(19)15-16-28/h7-8,17-19,28H,2-3,6,9-16H2,1,4-5H3/t17-,18+,19?,23+,24?/m1/s1. The molecule has 0 aromatic rings. The quantitative estimate of drug-likeness (QED) is 0.481. The number of ether oxygens (including phenoxy) is 1. The van der Waals surface area contributed by atoms with Gasteiger partial charge in [-0.1, -0.05) is 25.5 Å². The summed E-state index contributed by atoms with van der Waals surface area (Å²) in [7, 11) is 1.69. The number of carbonyl (C=O) groups is 3. The number of amides is 3. The lowest BCUT2D eigenvalue weighted by Crippen LogP contribution is -2.56. The molecule has 1 spiro atoms. The van der Waals surface area contributed by atoms with Gasteiger partial charge in [0.25, 0.3) is 0 Å². The smallest absolute Gasteiger partial charge is 0.248 e. The average Bonchev–Trinajstić information content (AvgIpc) is 3.32. The molecular weight excluding hydrogens is 410 g/mol. The number of likely N-dealkylation sites (tertiary alicyclic amines) is 1. The number of carbonyl (C=O) groups excluding carboxylic acids is 3. The van der Waals surface area contributed by atoms with E-state index in [1.807, 2.05) is 6.92 Å². The second-order valence-corrected chi connectivity index (χ2v) is 9.42. The van der Waals surface area contributed by atoms with Crippen molar-refractivity contribution in [3.05, 3.63) is 25.3 Å². The minimum atomic E-state index is -1.06. The monoisotopic (exact) mass is 447 g/mol. The van der Waals surface area contributed by atoms with Crippen LogP contribution in [0.2, 0.25) is 0 Å². The summed E-state index contributed by atoms with van der Waals surface area (Å²) in [6, 6.07) is -0.853. The van der Waals surface area contributed by atoms with Crippen molar-refractivity contribution in [3.63, 3.8) is 0 Å². The molecule has 8 nitrogen and oxygen atoms in total. The number of fused-ring (bicyclic) bond motifs is 1. The third kappa shape index (κ3) is 3.67. The van der Waals surface area contributed by atoms with Crippen molar-refractivity contribution in [3.8, 4) is 0 Å². The zero-order chi connectivity index (χ0) is 23.7. The summed E-state index contributed by atoms with van der Waals surface area (Å²) in [5.41, 5.74) is -1.86. The Bertz CT molecular complexity index is 786. The van der Waals surface area contributed by atoms with Crippen molar-refractivity contribution in [2.24, 2.45) is 11.8 Å². The first-order valence-electron chi connectivity index (χ1n) is 11.6. The molecule has 3 fully saturated rings. The van der Waals surface area contributed by atoms with E-state index in [0.29, 0.717) is 32.5 Å². The fraction of sp³-hybridized carbons (Fsp3) is 0.708. The zero-order valence-electron chi connectivity index (χ0n) is 19.6. The first-order valence-corrected chi connectivity index (χ1v) is 11.6. The van der Waals surface area contributed by atoms with Crippen LogP contribution < -0.4 is 0 Å². The summed E-state index contributed by atoms with van der Waals surface area (Å²) in [5.74, 6) is -2.05. The molecule has 3 rings (SSSR count). The molecule has 3 heterocycles. The van der Waals surface area contributed by atoms with Gasteiger partial charge in [0.2, 0.25) is 17.7 Å². The van der Waals surface area contributed by atoms with E-state index >= 15 is 0 Å². The van der Waals surface area contributed by atoms with Crippen molar-refractivity contribution in [1.29, 1.82) is 0 Å². The highest BCUT2D eigenvalue weighted by Crippen LogP contribution is 2.63. The van der Waals surface area contributed by atoms with Crippen LogP contribution >= 0.6 is 0 Å². The minimum Gasteiger partial charge on any atom is -0.395 e. The molecule has 5 atom stereocenters. The van der Waals surface area contributed by atoms with Crippen LogP contribution in [0.4, 0.5) is 0 Å². The van der Waals surface area contributed by atoms with Crippen LogP contribution in [-0.4, -0.2) is 94.6 Å². The predicted molar refractivity (Wildman–Crippen MR) is 121 cm³/mol. The summed E-state index contributed by atoms with van der Waals surface area (Å²) in [6.45, 7) is 12.5. The highest BCUT2D eigenvalue weighted by atomic mass is 16.5. The van der Waals surface area contributed by atoms with Crippen LogP contribution in [0.5, 0.6) is 0 Å². The van der Waals surface area contributed by atoms with E-state index in [0.717, 1.165) is 12.8 Å². The number of hydrogen-bond donors (Lipinski definition) is 1. The SMILES string of the molecule is C=CCN(C)C(=O)[C@H]1[C@H]2C(=O)N(CCO)C(C(=O)N(CC=C)CCCC)C23CC[C@]1(C)O3. The largest absolute Gasteiger partial charge is 0.395 e. The Morgan fingerprint density at radius 1 is 1.25 bits per heavy atom. The number of β-amino-alcohol motifs (C(OH)–C–C–N with tert-alkyl or cyclic N) is 1. The molecule has 0 aliphatic carbocycles. The number of aliphatic hydroxyl groups is 1. The molecule has 3 amide bonds. The zero-order valence-corrected chi connectivity index (χ0v) is 19.6. The van der Waals surface area contributed by atoms with Gasteiger partial charge in [-0.15, -0.1) is 13.2 Å². The molecular formula is C24H37N3O5. The van der Waals surface area contributed by atoms with Crippen molar-refractivity contribution >= 4 is 17.7 Å². The normalized spacial score (nSPS) is 32.7. The Balaban J connectivity index is 2.03. The molecule has 1 N–H and O–H groups in total. The lowest BCUT2D eigenvalue weighted by molar-refractivity contribution is -0.153. The molecule has 0 aromatic heterocycles. The predicted octanol–water partition coefficient (Wildman–Crippen LogP) is 1.20. The van der Waals surface area contributed by atoms with Gasteiger partial charge in [0.05, 0.1) is 24.0 Å². The first kappa shape index (κ1) is 24.5. The van der Waals surface area contributed by atoms with E-state index in [2.05, 4.69) is 20.1 Å². The maximum absolute atomic E-state index is 13.8. The Morgan fingerprint density at radius 2 is 1.94 bits per heavy atom. The van der Waals surface area contributed by atoms with Crippen molar-refractivity contribution in [2.75, 3.05) is 39.8 Å². The molecule has 32 heavy (non-hydrogen) atoms. The molecule has 0 radical (unpaired) electrons. The van der Waals surface area contributed by atoms with E-state index in [1.54, 1.807) is 29.0 Å².